The van der Waals surface area contributed by atoms with Crippen molar-refractivity contribution in [2.45, 2.75) is 39.3 Å². The van der Waals surface area contributed by atoms with Crippen molar-refractivity contribution in [3.63, 3.8) is 0 Å². The number of likely N-dealkylation sites (tertiary alicyclic amines) is 1. The number of aryl methyl sites for hydroxylation is 2. The third kappa shape index (κ3) is 5.99. The van der Waals surface area contributed by atoms with Gasteiger partial charge < -0.3 is 14.9 Å². The summed E-state index contributed by atoms with van der Waals surface area (Å²) in [5.41, 5.74) is 4.48. The molecule has 0 amide bonds. The monoisotopic (exact) mass is 371 g/mol. The molecular formula is C21H29N3O3. The molecule has 2 N–H and O–H groups in total. The van der Waals surface area contributed by atoms with Gasteiger partial charge in [0.2, 0.25) is 5.88 Å². The number of aliphatic hydroxyl groups excluding tert-OH is 2. The van der Waals surface area contributed by atoms with Gasteiger partial charge in [-0.2, -0.15) is 0 Å². The van der Waals surface area contributed by atoms with Crippen LogP contribution in [0.25, 0.3) is 0 Å². The van der Waals surface area contributed by atoms with Gasteiger partial charge in [-0.3, -0.25) is 9.88 Å². The molecule has 3 heterocycles. The number of hydrogen-bond acceptors (Lipinski definition) is 6. The summed E-state index contributed by atoms with van der Waals surface area (Å²) in [6, 6.07) is 8.14. The molecule has 0 saturated carbocycles. The average Bonchev–Trinajstić information content (AvgIpc) is 3.06. The number of rotatable bonds is 8. The normalized spacial score (nSPS) is 18.6. The maximum absolute atomic E-state index is 9.44. The number of ether oxygens (including phenoxy) is 1. The second kappa shape index (κ2) is 9.26. The highest BCUT2D eigenvalue weighted by atomic mass is 16.5. The summed E-state index contributed by atoms with van der Waals surface area (Å²) >= 11 is 0. The van der Waals surface area contributed by atoms with E-state index in [1.807, 2.05) is 25.3 Å². The summed E-state index contributed by atoms with van der Waals surface area (Å²) in [5, 5.41) is 18.3. The number of hydrogen-bond donors (Lipinski definition) is 2. The van der Waals surface area contributed by atoms with E-state index >= 15 is 0 Å². The smallest absolute Gasteiger partial charge is 0.213 e. The van der Waals surface area contributed by atoms with E-state index in [1.165, 1.54) is 5.56 Å². The van der Waals surface area contributed by atoms with E-state index in [0.29, 0.717) is 11.8 Å². The predicted molar refractivity (Wildman–Crippen MR) is 104 cm³/mol. The fourth-order valence-corrected chi connectivity index (χ4v) is 3.55. The van der Waals surface area contributed by atoms with E-state index in [1.54, 1.807) is 0 Å². The Morgan fingerprint density at radius 1 is 1.22 bits per heavy atom. The second-order valence-corrected chi connectivity index (χ2v) is 7.54. The van der Waals surface area contributed by atoms with Crippen LogP contribution in [0.3, 0.4) is 0 Å². The molecule has 1 fully saturated rings. The lowest BCUT2D eigenvalue weighted by Crippen LogP contribution is -2.22. The first kappa shape index (κ1) is 19.7. The van der Waals surface area contributed by atoms with E-state index in [-0.39, 0.29) is 13.2 Å². The van der Waals surface area contributed by atoms with Gasteiger partial charge in [0.1, 0.15) is 12.7 Å². The lowest BCUT2D eigenvalue weighted by Gasteiger charge is -2.16. The van der Waals surface area contributed by atoms with E-state index < -0.39 is 6.10 Å². The Kier molecular flexibility index (Phi) is 6.77. The first-order chi connectivity index (χ1) is 13.0. The molecule has 27 heavy (non-hydrogen) atoms. The topological polar surface area (TPSA) is 78.7 Å². The van der Waals surface area contributed by atoms with Gasteiger partial charge >= 0.3 is 0 Å². The highest BCUT2D eigenvalue weighted by molar-refractivity contribution is 5.24. The van der Waals surface area contributed by atoms with E-state index in [2.05, 4.69) is 33.9 Å². The molecule has 146 valence electrons. The van der Waals surface area contributed by atoms with Crippen LogP contribution in [0.4, 0.5) is 0 Å². The van der Waals surface area contributed by atoms with Crippen LogP contribution < -0.4 is 4.74 Å². The van der Waals surface area contributed by atoms with Gasteiger partial charge in [-0.1, -0.05) is 0 Å². The first-order valence-corrected chi connectivity index (χ1v) is 9.55. The number of aromatic nitrogens is 2. The number of nitrogens with zero attached hydrogens (tertiary/aromatic N) is 3. The molecule has 0 aromatic carbocycles. The Hall–Kier alpha value is -2.02. The quantitative estimate of drug-likeness (QED) is 0.738. The lowest BCUT2D eigenvalue weighted by atomic mass is 10.0. The average molecular weight is 371 g/mol. The van der Waals surface area contributed by atoms with Crippen LogP contribution in [0.15, 0.2) is 30.5 Å². The summed E-state index contributed by atoms with van der Waals surface area (Å²) in [5.74, 6) is 1.08. The molecule has 2 unspecified atom stereocenters. The Morgan fingerprint density at radius 3 is 2.81 bits per heavy atom. The summed E-state index contributed by atoms with van der Waals surface area (Å²) < 4.78 is 5.52. The van der Waals surface area contributed by atoms with Crippen molar-refractivity contribution in [1.82, 2.24) is 14.9 Å². The lowest BCUT2D eigenvalue weighted by molar-refractivity contribution is 0.0520. The molecule has 2 aromatic heterocycles. The van der Waals surface area contributed by atoms with Crippen LogP contribution in [0.5, 0.6) is 5.88 Å². The van der Waals surface area contributed by atoms with Crippen molar-refractivity contribution < 1.29 is 14.9 Å². The van der Waals surface area contributed by atoms with Crippen LogP contribution in [0.2, 0.25) is 0 Å². The fraction of sp³-hybridized carbons (Fsp3) is 0.524. The maximum Gasteiger partial charge on any atom is 0.213 e. The van der Waals surface area contributed by atoms with Gasteiger partial charge in [0.25, 0.3) is 0 Å². The minimum Gasteiger partial charge on any atom is -0.475 e. The van der Waals surface area contributed by atoms with Gasteiger partial charge in [0, 0.05) is 31.0 Å². The van der Waals surface area contributed by atoms with Crippen molar-refractivity contribution in [2.24, 2.45) is 5.92 Å². The van der Waals surface area contributed by atoms with Gasteiger partial charge in [-0.25, -0.2) is 4.98 Å². The van der Waals surface area contributed by atoms with Gasteiger partial charge in [-0.15, -0.1) is 0 Å². The molecule has 2 atom stereocenters. The third-order valence-electron chi connectivity index (χ3n) is 4.86. The highest BCUT2D eigenvalue weighted by Gasteiger charge is 2.23. The van der Waals surface area contributed by atoms with Gasteiger partial charge in [-0.05, 0) is 68.5 Å². The molecule has 6 nitrogen and oxygen atoms in total. The molecule has 6 heteroatoms. The summed E-state index contributed by atoms with van der Waals surface area (Å²) in [6.07, 6.45) is 3.07. The second-order valence-electron chi connectivity index (χ2n) is 7.54. The zero-order valence-electron chi connectivity index (χ0n) is 16.1. The van der Waals surface area contributed by atoms with Crippen LogP contribution in [0, 0.1) is 19.8 Å². The summed E-state index contributed by atoms with van der Waals surface area (Å²) in [4.78, 5) is 11.5. The van der Waals surface area contributed by atoms with Crippen molar-refractivity contribution in [1.29, 1.82) is 0 Å². The minimum absolute atomic E-state index is 0.0487. The minimum atomic E-state index is -0.880. The maximum atomic E-state index is 9.44. The van der Waals surface area contributed by atoms with Gasteiger partial charge in [0.15, 0.2) is 0 Å². The van der Waals surface area contributed by atoms with Crippen LogP contribution in [0.1, 0.15) is 28.9 Å². The van der Waals surface area contributed by atoms with Crippen molar-refractivity contribution in [3.05, 3.63) is 53.0 Å². The molecule has 0 radical (unpaired) electrons. The molecule has 0 aliphatic carbocycles. The predicted octanol–water partition coefficient (Wildman–Crippen LogP) is 1.89. The fourth-order valence-electron chi connectivity index (χ4n) is 3.55. The standard InChI is InChI=1S/C21H29N3O3/c1-15-3-5-22-19(7-15)12-24-6-4-17(11-24)10-18-8-16(2)9-21(23-18)27-14-20(26)13-25/h3,5,7-9,17,20,25-26H,4,6,10-14H2,1-2H3. The molecule has 0 bridgehead atoms. The Morgan fingerprint density at radius 2 is 2.04 bits per heavy atom. The molecule has 1 saturated heterocycles. The van der Waals surface area contributed by atoms with Crippen LogP contribution in [-0.2, 0) is 13.0 Å². The molecular weight excluding hydrogens is 342 g/mol. The van der Waals surface area contributed by atoms with E-state index in [4.69, 9.17) is 9.84 Å². The number of pyridine rings is 2. The van der Waals surface area contributed by atoms with E-state index in [9.17, 15) is 5.11 Å². The van der Waals surface area contributed by atoms with Crippen LogP contribution >= 0.6 is 0 Å². The number of aliphatic hydroxyl groups is 2. The Bertz CT molecular complexity index is 753. The SMILES string of the molecule is Cc1ccnc(CN2CCC(Cc3cc(C)cc(OCC(O)CO)n3)C2)c1. The molecule has 1 aliphatic rings. The zero-order valence-corrected chi connectivity index (χ0v) is 16.1. The first-order valence-electron chi connectivity index (χ1n) is 9.55. The van der Waals surface area contributed by atoms with E-state index in [0.717, 1.165) is 49.4 Å². The summed E-state index contributed by atoms with van der Waals surface area (Å²) in [7, 11) is 0. The molecule has 3 rings (SSSR count). The zero-order chi connectivity index (χ0) is 19.2. The molecule has 2 aromatic rings. The summed E-state index contributed by atoms with van der Waals surface area (Å²) in [6.45, 7) is 6.88. The van der Waals surface area contributed by atoms with Crippen molar-refractivity contribution in [2.75, 3.05) is 26.3 Å². The van der Waals surface area contributed by atoms with Crippen molar-refractivity contribution >= 4 is 0 Å². The molecule has 1 aliphatic heterocycles. The highest BCUT2D eigenvalue weighted by Crippen LogP contribution is 2.23. The van der Waals surface area contributed by atoms with Crippen LogP contribution in [-0.4, -0.2) is 57.5 Å². The largest absolute Gasteiger partial charge is 0.475 e. The van der Waals surface area contributed by atoms with Crippen molar-refractivity contribution in [3.8, 4) is 5.88 Å². The molecule has 0 spiro atoms. The Balaban J connectivity index is 1.55. The third-order valence-corrected chi connectivity index (χ3v) is 4.86. The van der Waals surface area contributed by atoms with Gasteiger partial charge in [0.05, 0.1) is 12.3 Å². The Labute approximate surface area is 160 Å².